The monoisotopic (exact) mass is 256 g/mol. The molecule has 0 heterocycles. The van der Waals surface area contributed by atoms with E-state index in [4.69, 9.17) is 4.74 Å². The molecule has 0 N–H and O–H groups in total. The lowest BCUT2D eigenvalue weighted by atomic mass is 10.2. The number of rotatable bonds is 5. The van der Waals surface area contributed by atoms with Gasteiger partial charge in [-0.05, 0) is 24.6 Å². The Balaban J connectivity index is 2.35. The van der Waals surface area contributed by atoms with Crippen LogP contribution in [-0.2, 0) is 4.79 Å². The molecule has 1 aromatic carbocycles. The highest BCUT2D eigenvalue weighted by Gasteiger charge is 1.99. The highest BCUT2D eigenvalue weighted by molar-refractivity contribution is 9.09. The number of benzene rings is 1. The van der Waals surface area contributed by atoms with Gasteiger partial charge in [0.25, 0.3) is 0 Å². The Morgan fingerprint density at radius 2 is 2.29 bits per heavy atom. The van der Waals surface area contributed by atoms with Crippen LogP contribution in [0.1, 0.15) is 12.0 Å². The third-order valence-electron chi connectivity index (χ3n) is 1.79. The highest BCUT2D eigenvalue weighted by atomic mass is 79.9. The lowest BCUT2D eigenvalue weighted by Gasteiger charge is -2.05. The topological polar surface area (TPSA) is 26.3 Å². The molecular formula is C11H13BrO2. The Morgan fingerprint density at radius 3 is 2.93 bits per heavy atom. The number of alkyl halides is 1. The molecule has 0 amide bonds. The van der Waals surface area contributed by atoms with E-state index in [-0.39, 0.29) is 5.78 Å². The summed E-state index contributed by atoms with van der Waals surface area (Å²) in [6.45, 7) is 2.46. The lowest BCUT2D eigenvalue weighted by Crippen LogP contribution is -2.06. The SMILES string of the molecule is Cc1cccc(OCCC(=O)CBr)c1. The Hall–Kier alpha value is -0.830. The van der Waals surface area contributed by atoms with E-state index in [0.717, 1.165) is 11.3 Å². The fourth-order valence-electron chi connectivity index (χ4n) is 1.05. The van der Waals surface area contributed by atoms with Gasteiger partial charge in [-0.2, -0.15) is 0 Å². The van der Waals surface area contributed by atoms with Crippen LogP contribution in [0.5, 0.6) is 5.75 Å². The maximum absolute atomic E-state index is 10.9. The molecule has 0 saturated carbocycles. The number of ketones is 1. The molecule has 0 spiro atoms. The Morgan fingerprint density at radius 1 is 1.50 bits per heavy atom. The summed E-state index contributed by atoms with van der Waals surface area (Å²) in [6, 6.07) is 7.80. The summed E-state index contributed by atoms with van der Waals surface area (Å²) in [5, 5.41) is 0.407. The van der Waals surface area contributed by atoms with Crippen LogP contribution < -0.4 is 4.74 Å². The summed E-state index contributed by atoms with van der Waals surface area (Å²) < 4.78 is 5.42. The van der Waals surface area contributed by atoms with Crippen molar-refractivity contribution >= 4 is 21.7 Å². The molecule has 0 unspecified atom stereocenters. The van der Waals surface area contributed by atoms with Crippen molar-refractivity contribution in [2.75, 3.05) is 11.9 Å². The molecule has 0 saturated heterocycles. The van der Waals surface area contributed by atoms with Gasteiger partial charge < -0.3 is 4.74 Å². The summed E-state index contributed by atoms with van der Waals surface area (Å²) in [5.74, 6) is 0.991. The average molecular weight is 257 g/mol. The zero-order valence-electron chi connectivity index (χ0n) is 8.13. The molecule has 0 aromatic heterocycles. The van der Waals surface area contributed by atoms with E-state index in [1.807, 2.05) is 31.2 Å². The number of hydrogen-bond donors (Lipinski definition) is 0. The molecule has 2 nitrogen and oxygen atoms in total. The number of ether oxygens (including phenoxy) is 1. The van der Waals surface area contributed by atoms with Crippen LogP contribution in [0.4, 0.5) is 0 Å². The minimum atomic E-state index is 0.164. The molecule has 0 aliphatic rings. The van der Waals surface area contributed by atoms with Gasteiger partial charge in [0, 0.05) is 6.42 Å². The predicted molar refractivity (Wildman–Crippen MR) is 60.1 cm³/mol. The zero-order chi connectivity index (χ0) is 10.4. The molecule has 0 bridgehead atoms. The van der Waals surface area contributed by atoms with Crippen LogP contribution in [-0.4, -0.2) is 17.7 Å². The van der Waals surface area contributed by atoms with Crippen molar-refractivity contribution in [1.82, 2.24) is 0 Å². The number of carbonyl (C=O) groups excluding carboxylic acids is 1. The molecule has 3 heteroatoms. The van der Waals surface area contributed by atoms with Crippen molar-refractivity contribution in [2.45, 2.75) is 13.3 Å². The van der Waals surface area contributed by atoms with Crippen LogP contribution in [0.15, 0.2) is 24.3 Å². The number of Topliss-reactive ketones (excluding diaryl/α,β-unsaturated/α-hetero) is 1. The second-order valence-corrected chi connectivity index (χ2v) is 3.65. The maximum atomic E-state index is 10.9. The van der Waals surface area contributed by atoms with E-state index in [1.54, 1.807) is 0 Å². The third kappa shape index (κ3) is 3.92. The van der Waals surface area contributed by atoms with Crippen LogP contribution in [0.2, 0.25) is 0 Å². The van der Waals surface area contributed by atoms with Gasteiger partial charge in [0.05, 0.1) is 11.9 Å². The van der Waals surface area contributed by atoms with Crippen molar-refractivity contribution < 1.29 is 9.53 Å². The smallest absolute Gasteiger partial charge is 0.146 e. The van der Waals surface area contributed by atoms with E-state index in [9.17, 15) is 4.79 Å². The van der Waals surface area contributed by atoms with Crippen molar-refractivity contribution in [2.24, 2.45) is 0 Å². The number of halogens is 1. The van der Waals surface area contributed by atoms with E-state index >= 15 is 0 Å². The van der Waals surface area contributed by atoms with E-state index < -0.39 is 0 Å². The molecule has 0 aliphatic carbocycles. The fourth-order valence-corrected chi connectivity index (χ4v) is 1.34. The molecular weight excluding hydrogens is 244 g/mol. The second-order valence-electron chi connectivity index (χ2n) is 3.09. The van der Waals surface area contributed by atoms with Gasteiger partial charge in [0.1, 0.15) is 11.5 Å². The Kier molecular flexibility index (Phi) is 4.66. The molecule has 76 valence electrons. The van der Waals surface area contributed by atoms with E-state index in [1.165, 1.54) is 0 Å². The number of aryl methyl sites for hydroxylation is 1. The summed E-state index contributed by atoms with van der Waals surface area (Å²) in [5.41, 5.74) is 1.16. The number of hydrogen-bond acceptors (Lipinski definition) is 2. The van der Waals surface area contributed by atoms with Crippen molar-refractivity contribution in [3.8, 4) is 5.75 Å². The summed E-state index contributed by atoms with van der Waals surface area (Å²) >= 11 is 3.11. The Bertz CT molecular complexity index is 310. The van der Waals surface area contributed by atoms with Gasteiger partial charge in [-0.3, -0.25) is 4.79 Å². The summed E-state index contributed by atoms with van der Waals surface area (Å²) in [7, 11) is 0. The minimum absolute atomic E-state index is 0.164. The molecule has 0 fully saturated rings. The highest BCUT2D eigenvalue weighted by Crippen LogP contribution is 2.12. The predicted octanol–water partition coefficient (Wildman–Crippen LogP) is 2.73. The van der Waals surface area contributed by atoms with Gasteiger partial charge >= 0.3 is 0 Å². The minimum Gasteiger partial charge on any atom is -0.493 e. The second kappa shape index (κ2) is 5.81. The van der Waals surface area contributed by atoms with Gasteiger partial charge in [0.15, 0.2) is 0 Å². The normalized spacial score (nSPS) is 9.86. The maximum Gasteiger partial charge on any atom is 0.146 e. The number of carbonyl (C=O) groups is 1. The molecule has 1 rings (SSSR count). The van der Waals surface area contributed by atoms with Crippen molar-refractivity contribution in [3.05, 3.63) is 29.8 Å². The van der Waals surface area contributed by atoms with Crippen molar-refractivity contribution in [3.63, 3.8) is 0 Å². The van der Waals surface area contributed by atoms with E-state index in [0.29, 0.717) is 18.4 Å². The summed E-state index contributed by atoms with van der Waals surface area (Å²) in [4.78, 5) is 10.9. The first-order valence-corrected chi connectivity index (χ1v) is 5.61. The molecule has 0 aliphatic heterocycles. The quantitative estimate of drug-likeness (QED) is 0.758. The van der Waals surface area contributed by atoms with Gasteiger partial charge in [0.2, 0.25) is 0 Å². The first-order chi connectivity index (χ1) is 6.72. The van der Waals surface area contributed by atoms with Gasteiger partial charge in [-0.1, -0.05) is 28.1 Å². The summed E-state index contributed by atoms with van der Waals surface area (Å²) in [6.07, 6.45) is 0.458. The van der Waals surface area contributed by atoms with Crippen LogP contribution in [0.3, 0.4) is 0 Å². The van der Waals surface area contributed by atoms with Gasteiger partial charge in [-0.15, -0.1) is 0 Å². The third-order valence-corrected chi connectivity index (χ3v) is 2.41. The fraction of sp³-hybridized carbons (Fsp3) is 0.364. The van der Waals surface area contributed by atoms with Crippen LogP contribution in [0.25, 0.3) is 0 Å². The van der Waals surface area contributed by atoms with Crippen molar-refractivity contribution in [1.29, 1.82) is 0 Å². The molecule has 0 radical (unpaired) electrons. The standard InChI is InChI=1S/C11H13BrO2/c1-9-3-2-4-11(7-9)14-6-5-10(13)8-12/h2-4,7H,5-6,8H2,1H3. The Labute approximate surface area is 92.4 Å². The first kappa shape index (κ1) is 11.2. The molecule has 0 atom stereocenters. The lowest BCUT2D eigenvalue weighted by molar-refractivity contribution is -0.116. The first-order valence-electron chi connectivity index (χ1n) is 4.49. The van der Waals surface area contributed by atoms with Gasteiger partial charge in [-0.25, -0.2) is 0 Å². The molecule has 1 aromatic rings. The zero-order valence-corrected chi connectivity index (χ0v) is 9.71. The largest absolute Gasteiger partial charge is 0.493 e. The van der Waals surface area contributed by atoms with Crippen LogP contribution >= 0.6 is 15.9 Å². The van der Waals surface area contributed by atoms with Crippen LogP contribution in [0, 0.1) is 6.92 Å². The molecule has 14 heavy (non-hydrogen) atoms. The average Bonchev–Trinajstić information content (AvgIpc) is 2.17. The van der Waals surface area contributed by atoms with E-state index in [2.05, 4.69) is 15.9 Å².